The third kappa shape index (κ3) is 6.73. The van der Waals surface area contributed by atoms with E-state index in [1.54, 1.807) is 12.2 Å². The van der Waals surface area contributed by atoms with Crippen molar-refractivity contribution in [3.63, 3.8) is 0 Å². The third-order valence-corrected chi connectivity index (χ3v) is 7.51. The quantitative estimate of drug-likeness (QED) is 0.352. The molecule has 0 atom stereocenters. The van der Waals surface area contributed by atoms with Gasteiger partial charge in [0.05, 0.1) is 0 Å². The summed E-state index contributed by atoms with van der Waals surface area (Å²) in [7, 11) is 0. The molecule has 2 aliphatic rings. The lowest BCUT2D eigenvalue weighted by molar-refractivity contribution is -0.111. The monoisotopic (exact) mass is 395 g/mol. The van der Waals surface area contributed by atoms with Gasteiger partial charge in [0.15, 0.2) is 0 Å². The van der Waals surface area contributed by atoms with E-state index < -0.39 is 0 Å². The molecule has 0 saturated heterocycles. The minimum Gasteiger partial charge on any atom is -0.323 e. The SMILES string of the molecule is C/C=C/C(=O)Nc1ccc(C2CCC(C3CCC(CCCCC)CC3)CC2)cc1. The van der Waals surface area contributed by atoms with E-state index in [0.29, 0.717) is 5.92 Å². The van der Waals surface area contributed by atoms with Crippen LogP contribution < -0.4 is 5.32 Å². The van der Waals surface area contributed by atoms with Crippen LogP contribution >= 0.6 is 0 Å². The van der Waals surface area contributed by atoms with Crippen molar-refractivity contribution in [3.05, 3.63) is 42.0 Å². The van der Waals surface area contributed by atoms with Gasteiger partial charge in [0.25, 0.3) is 0 Å². The number of carbonyl (C=O) groups is 1. The number of hydrogen-bond acceptors (Lipinski definition) is 1. The highest BCUT2D eigenvalue weighted by molar-refractivity contribution is 5.99. The fourth-order valence-electron chi connectivity index (χ4n) is 5.73. The van der Waals surface area contributed by atoms with E-state index in [9.17, 15) is 4.79 Å². The minimum absolute atomic E-state index is 0.0548. The van der Waals surface area contributed by atoms with Gasteiger partial charge in [-0.05, 0) is 92.9 Å². The summed E-state index contributed by atoms with van der Waals surface area (Å²) in [5, 5.41) is 2.92. The maximum absolute atomic E-state index is 11.7. The topological polar surface area (TPSA) is 29.1 Å². The first kappa shape index (κ1) is 22.1. The summed E-state index contributed by atoms with van der Waals surface area (Å²) in [5.74, 6) is 3.66. The summed E-state index contributed by atoms with van der Waals surface area (Å²) in [6.07, 6.45) is 20.5. The fourth-order valence-corrected chi connectivity index (χ4v) is 5.73. The first-order valence-electron chi connectivity index (χ1n) is 12.2. The van der Waals surface area contributed by atoms with Crippen molar-refractivity contribution in [2.75, 3.05) is 5.32 Å². The number of hydrogen-bond donors (Lipinski definition) is 1. The van der Waals surface area contributed by atoms with Crippen molar-refractivity contribution in [1.82, 2.24) is 0 Å². The average molecular weight is 396 g/mol. The summed E-state index contributed by atoms with van der Waals surface area (Å²) in [5.41, 5.74) is 2.34. The molecule has 160 valence electrons. The van der Waals surface area contributed by atoms with Crippen LogP contribution in [0, 0.1) is 17.8 Å². The van der Waals surface area contributed by atoms with Crippen LogP contribution in [0.15, 0.2) is 36.4 Å². The van der Waals surface area contributed by atoms with Crippen molar-refractivity contribution >= 4 is 11.6 Å². The maximum atomic E-state index is 11.7. The number of rotatable bonds is 8. The second-order valence-electron chi connectivity index (χ2n) is 9.50. The van der Waals surface area contributed by atoms with E-state index in [1.807, 2.05) is 6.92 Å². The Morgan fingerprint density at radius 3 is 2.14 bits per heavy atom. The zero-order chi connectivity index (χ0) is 20.5. The van der Waals surface area contributed by atoms with Gasteiger partial charge in [-0.3, -0.25) is 4.79 Å². The van der Waals surface area contributed by atoms with Gasteiger partial charge in [0.2, 0.25) is 5.91 Å². The number of allylic oxidation sites excluding steroid dienone is 1. The van der Waals surface area contributed by atoms with Crippen LogP contribution in [0.3, 0.4) is 0 Å². The number of carbonyl (C=O) groups excluding carboxylic acids is 1. The first-order chi connectivity index (χ1) is 14.2. The van der Waals surface area contributed by atoms with E-state index in [-0.39, 0.29) is 5.91 Å². The van der Waals surface area contributed by atoms with Crippen LogP contribution in [0.25, 0.3) is 0 Å². The largest absolute Gasteiger partial charge is 0.323 e. The summed E-state index contributed by atoms with van der Waals surface area (Å²) in [6, 6.07) is 8.56. The van der Waals surface area contributed by atoms with Crippen molar-refractivity contribution in [1.29, 1.82) is 0 Å². The van der Waals surface area contributed by atoms with E-state index in [0.717, 1.165) is 23.4 Å². The lowest BCUT2D eigenvalue weighted by atomic mass is 9.68. The lowest BCUT2D eigenvalue weighted by Crippen LogP contribution is -2.25. The Kier molecular flexibility index (Phi) is 8.83. The molecule has 1 amide bonds. The van der Waals surface area contributed by atoms with Crippen LogP contribution in [0.5, 0.6) is 0 Å². The molecule has 0 spiro atoms. The van der Waals surface area contributed by atoms with Gasteiger partial charge in [-0.2, -0.15) is 0 Å². The molecule has 0 radical (unpaired) electrons. The normalized spacial score (nSPS) is 27.8. The molecule has 2 saturated carbocycles. The average Bonchev–Trinajstić information content (AvgIpc) is 2.75. The molecule has 3 rings (SSSR count). The summed E-state index contributed by atoms with van der Waals surface area (Å²) in [6.45, 7) is 4.17. The van der Waals surface area contributed by atoms with Crippen LogP contribution in [-0.2, 0) is 4.79 Å². The highest BCUT2D eigenvalue weighted by Crippen LogP contribution is 2.44. The predicted molar refractivity (Wildman–Crippen MR) is 124 cm³/mol. The van der Waals surface area contributed by atoms with E-state index >= 15 is 0 Å². The van der Waals surface area contributed by atoms with E-state index in [4.69, 9.17) is 0 Å². The number of amides is 1. The molecule has 1 aromatic rings. The van der Waals surface area contributed by atoms with Gasteiger partial charge >= 0.3 is 0 Å². The molecule has 29 heavy (non-hydrogen) atoms. The van der Waals surface area contributed by atoms with Crippen molar-refractivity contribution in [2.24, 2.45) is 17.8 Å². The second-order valence-corrected chi connectivity index (χ2v) is 9.50. The number of anilines is 1. The Morgan fingerprint density at radius 2 is 1.55 bits per heavy atom. The van der Waals surface area contributed by atoms with Gasteiger partial charge in [-0.1, -0.05) is 63.7 Å². The molecule has 1 N–H and O–H groups in total. The molecule has 2 nitrogen and oxygen atoms in total. The van der Waals surface area contributed by atoms with Crippen molar-refractivity contribution < 1.29 is 4.79 Å². The van der Waals surface area contributed by atoms with Crippen molar-refractivity contribution in [3.8, 4) is 0 Å². The Hall–Kier alpha value is -1.57. The van der Waals surface area contributed by atoms with Gasteiger partial charge in [-0.15, -0.1) is 0 Å². The molecular weight excluding hydrogens is 354 g/mol. The molecule has 0 heterocycles. The van der Waals surface area contributed by atoms with Crippen LogP contribution in [-0.4, -0.2) is 5.91 Å². The van der Waals surface area contributed by atoms with Gasteiger partial charge in [-0.25, -0.2) is 0 Å². The Bertz CT molecular complexity index is 631. The molecule has 0 aliphatic heterocycles. The zero-order valence-corrected chi connectivity index (χ0v) is 18.7. The minimum atomic E-state index is -0.0548. The van der Waals surface area contributed by atoms with Crippen LogP contribution in [0.1, 0.15) is 102 Å². The smallest absolute Gasteiger partial charge is 0.248 e. The molecule has 2 fully saturated rings. The summed E-state index contributed by atoms with van der Waals surface area (Å²) < 4.78 is 0. The highest BCUT2D eigenvalue weighted by atomic mass is 16.1. The fraction of sp³-hybridized carbons (Fsp3) is 0.667. The number of unbranched alkanes of at least 4 members (excludes halogenated alkanes) is 2. The van der Waals surface area contributed by atoms with Crippen LogP contribution in [0.4, 0.5) is 5.69 Å². The number of benzene rings is 1. The van der Waals surface area contributed by atoms with E-state index in [2.05, 4.69) is 36.5 Å². The van der Waals surface area contributed by atoms with E-state index in [1.165, 1.54) is 82.6 Å². The molecule has 0 unspecified atom stereocenters. The highest BCUT2D eigenvalue weighted by Gasteiger charge is 2.31. The maximum Gasteiger partial charge on any atom is 0.248 e. The summed E-state index contributed by atoms with van der Waals surface area (Å²) in [4.78, 5) is 11.7. The molecule has 0 bridgehead atoms. The lowest BCUT2D eigenvalue weighted by Gasteiger charge is -2.38. The Labute approximate surface area is 178 Å². The van der Waals surface area contributed by atoms with Crippen molar-refractivity contribution in [2.45, 2.75) is 96.8 Å². The van der Waals surface area contributed by atoms with Gasteiger partial charge < -0.3 is 5.32 Å². The predicted octanol–water partition coefficient (Wildman–Crippen LogP) is 7.86. The zero-order valence-electron chi connectivity index (χ0n) is 18.7. The first-order valence-corrected chi connectivity index (χ1v) is 12.2. The second kappa shape index (κ2) is 11.6. The number of nitrogens with one attached hydrogen (secondary N) is 1. The molecule has 0 aromatic heterocycles. The third-order valence-electron chi connectivity index (χ3n) is 7.51. The molecular formula is C27H41NO. The molecule has 2 heteroatoms. The Morgan fingerprint density at radius 1 is 0.931 bits per heavy atom. The van der Waals surface area contributed by atoms with Gasteiger partial charge in [0.1, 0.15) is 0 Å². The standard InChI is InChI=1S/C27H41NO/c1-3-5-6-8-21-9-11-22(12-10-21)23-13-15-24(16-14-23)25-17-19-26(20-18-25)28-27(29)7-4-2/h4,7,17-24H,3,5-6,8-16H2,1-2H3,(H,28,29)/b7-4+. The summed E-state index contributed by atoms with van der Waals surface area (Å²) >= 11 is 0. The van der Waals surface area contributed by atoms with Crippen LogP contribution in [0.2, 0.25) is 0 Å². The van der Waals surface area contributed by atoms with Gasteiger partial charge in [0, 0.05) is 5.69 Å². The molecule has 2 aliphatic carbocycles. The molecule has 1 aromatic carbocycles. The Balaban J connectivity index is 1.41.